The Morgan fingerprint density at radius 1 is 1.44 bits per heavy atom. The molecule has 1 aromatic heterocycles. The maximum absolute atomic E-state index is 10.4. The van der Waals surface area contributed by atoms with E-state index in [0.29, 0.717) is 30.5 Å². The van der Waals surface area contributed by atoms with Gasteiger partial charge in [-0.05, 0) is 0 Å². The lowest BCUT2D eigenvalue weighted by Gasteiger charge is -2.12. The van der Waals surface area contributed by atoms with Crippen LogP contribution in [-0.4, -0.2) is 49.8 Å². The number of anilines is 2. The number of hydrogen-bond donors (Lipinski definition) is 3. The lowest BCUT2D eigenvalue weighted by molar-refractivity contribution is -0.122. The van der Waals surface area contributed by atoms with Crippen LogP contribution < -0.4 is 21.1 Å². The first-order valence-corrected chi connectivity index (χ1v) is 5.35. The predicted molar refractivity (Wildman–Crippen MR) is 66.6 cm³/mol. The summed E-state index contributed by atoms with van der Waals surface area (Å²) < 4.78 is 10.2. The summed E-state index contributed by atoms with van der Waals surface area (Å²) in [4.78, 5) is 18.5. The predicted octanol–water partition coefficient (Wildman–Crippen LogP) is -0.559. The normalized spacial score (nSPS) is 9.89. The van der Waals surface area contributed by atoms with Crippen LogP contribution in [0.2, 0.25) is 0 Å². The molecule has 100 valence electrons. The van der Waals surface area contributed by atoms with Crippen molar-refractivity contribution >= 4 is 17.5 Å². The van der Waals surface area contributed by atoms with Crippen LogP contribution in [0.3, 0.4) is 0 Å². The second-order valence-electron chi connectivity index (χ2n) is 3.30. The first-order chi connectivity index (χ1) is 8.69. The van der Waals surface area contributed by atoms with Crippen molar-refractivity contribution in [1.82, 2.24) is 9.97 Å². The summed E-state index contributed by atoms with van der Waals surface area (Å²) in [5.41, 5.74) is 4.94. The largest absolute Gasteiger partial charge is 0.490 e. The summed E-state index contributed by atoms with van der Waals surface area (Å²) in [6.45, 7) is 0.721. The average Bonchev–Trinajstić information content (AvgIpc) is 2.37. The van der Waals surface area contributed by atoms with E-state index in [1.807, 2.05) is 0 Å². The highest BCUT2D eigenvalue weighted by Crippen LogP contribution is 2.27. The molecule has 0 fully saturated rings. The lowest BCUT2D eigenvalue weighted by atomic mass is 10.4. The minimum Gasteiger partial charge on any atom is -0.490 e. The second-order valence-corrected chi connectivity index (χ2v) is 3.30. The van der Waals surface area contributed by atoms with Gasteiger partial charge in [-0.25, -0.2) is 9.97 Å². The van der Waals surface area contributed by atoms with Crippen molar-refractivity contribution in [2.75, 3.05) is 44.5 Å². The summed E-state index contributed by atoms with van der Waals surface area (Å²) in [7, 11) is 3.28. The van der Waals surface area contributed by atoms with E-state index in [0.717, 1.165) is 0 Å². The van der Waals surface area contributed by atoms with Gasteiger partial charge < -0.3 is 25.8 Å². The van der Waals surface area contributed by atoms with Crippen LogP contribution in [0.15, 0.2) is 6.33 Å². The summed E-state index contributed by atoms with van der Waals surface area (Å²) in [6.07, 6.45) is 1.42. The van der Waals surface area contributed by atoms with Gasteiger partial charge in [0.25, 0.3) is 0 Å². The van der Waals surface area contributed by atoms with E-state index in [-0.39, 0.29) is 6.61 Å². The molecule has 4 N–H and O–H groups in total. The van der Waals surface area contributed by atoms with E-state index in [2.05, 4.69) is 20.6 Å². The summed E-state index contributed by atoms with van der Waals surface area (Å²) in [6, 6.07) is 0. The molecule has 0 spiro atoms. The molecule has 1 heterocycles. The maximum Gasteiger partial charge on any atom is 0.243 e. The number of amides is 1. The zero-order valence-electron chi connectivity index (χ0n) is 10.4. The highest BCUT2D eigenvalue weighted by molar-refractivity contribution is 5.74. The number of ether oxygens (including phenoxy) is 2. The molecule has 0 saturated carbocycles. The third kappa shape index (κ3) is 4.06. The van der Waals surface area contributed by atoms with Crippen LogP contribution in [-0.2, 0) is 9.53 Å². The van der Waals surface area contributed by atoms with Gasteiger partial charge in [0.15, 0.2) is 11.6 Å². The van der Waals surface area contributed by atoms with Gasteiger partial charge in [-0.2, -0.15) is 0 Å². The molecular formula is C10H17N5O3. The van der Waals surface area contributed by atoms with E-state index in [1.165, 1.54) is 13.4 Å². The zero-order valence-corrected chi connectivity index (χ0v) is 10.4. The SMILES string of the molecule is CNc1ncnc(NCCOCC(N)=O)c1OC. The topological polar surface area (TPSA) is 111 Å². The van der Waals surface area contributed by atoms with E-state index in [9.17, 15) is 4.79 Å². The number of nitrogens with two attached hydrogens (primary N) is 1. The van der Waals surface area contributed by atoms with Gasteiger partial charge in [0.05, 0.1) is 13.7 Å². The molecule has 0 radical (unpaired) electrons. The number of carbonyl (C=O) groups is 1. The third-order valence-corrected chi connectivity index (χ3v) is 2.03. The molecule has 8 nitrogen and oxygen atoms in total. The smallest absolute Gasteiger partial charge is 0.243 e. The molecule has 0 aliphatic carbocycles. The van der Waals surface area contributed by atoms with E-state index < -0.39 is 5.91 Å². The first kappa shape index (κ1) is 14.0. The van der Waals surface area contributed by atoms with Gasteiger partial charge in [-0.15, -0.1) is 0 Å². The van der Waals surface area contributed by atoms with Crippen LogP contribution in [0.1, 0.15) is 0 Å². The van der Waals surface area contributed by atoms with Crippen LogP contribution >= 0.6 is 0 Å². The Kier molecular flexibility index (Phi) is 5.65. The van der Waals surface area contributed by atoms with Crippen LogP contribution in [0.4, 0.5) is 11.6 Å². The molecule has 0 aliphatic heterocycles. The van der Waals surface area contributed by atoms with Crippen molar-refractivity contribution in [2.45, 2.75) is 0 Å². The van der Waals surface area contributed by atoms with Crippen molar-refractivity contribution < 1.29 is 14.3 Å². The highest BCUT2D eigenvalue weighted by Gasteiger charge is 2.09. The number of hydrogen-bond acceptors (Lipinski definition) is 7. The third-order valence-electron chi connectivity index (χ3n) is 2.03. The minimum atomic E-state index is -0.493. The van der Waals surface area contributed by atoms with Crippen molar-refractivity contribution in [3.05, 3.63) is 6.33 Å². The fraction of sp³-hybridized carbons (Fsp3) is 0.500. The van der Waals surface area contributed by atoms with Gasteiger partial charge in [-0.1, -0.05) is 0 Å². The van der Waals surface area contributed by atoms with Crippen molar-refractivity contribution in [2.24, 2.45) is 5.73 Å². The molecule has 1 amide bonds. The van der Waals surface area contributed by atoms with Crippen molar-refractivity contribution in [3.63, 3.8) is 0 Å². The molecule has 1 rings (SSSR count). The molecule has 0 aromatic carbocycles. The maximum atomic E-state index is 10.4. The van der Waals surface area contributed by atoms with Crippen molar-refractivity contribution in [1.29, 1.82) is 0 Å². The van der Waals surface area contributed by atoms with Gasteiger partial charge in [0, 0.05) is 13.6 Å². The summed E-state index contributed by atoms with van der Waals surface area (Å²) in [5, 5.41) is 5.91. The average molecular weight is 255 g/mol. The number of rotatable bonds is 8. The van der Waals surface area contributed by atoms with Gasteiger partial charge in [0.2, 0.25) is 11.7 Å². The van der Waals surface area contributed by atoms with E-state index >= 15 is 0 Å². The number of carbonyl (C=O) groups excluding carboxylic acids is 1. The Balaban J connectivity index is 2.49. The van der Waals surface area contributed by atoms with Crippen LogP contribution in [0.5, 0.6) is 5.75 Å². The Morgan fingerprint density at radius 3 is 2.78 bits per heavy atom. The van der Waals surface area contributed by atoms with Crippen molar-refractivity contribution in [3.8, 4) is 5.75 Å². The van der Waals surface area contributed by atoms with E-state index in [1.54, 1.807) is 7.05 Å². The number of primary amides is 1. The zero-order chi connectivity index (χ0) is 13.4. The molecule has 0 aliphatic rings. The Hall–Kier alpha value is -2.09. The molecule has 0 atom stereocenters. The molecule has 0 bridgehead atoms. The Bertz CT molecular complexity index is 399. The van der Waals surface area contributed by atoms with Crippen LogP contribution in [0, 0.1) is 0 Å². The monoisotopic (exact) mass is 255 g/mol. The Labute approximate surface area is 105 Å². The fourth-order valence-electron chi connectivity index (χ4n) is 1.29. The minimum absolute atomic E-state index is 0.0929. The number of methoxy groups -OCH3 is 1. The highest BCUT2D eigenvalue weighted by atomic mass is 16.5. The molecule has 0 saturated heterocycles. The fourth-order valence-corrected chi connectivity index (χ4v) is 1.29. The number of aromatic nitrogens is 2. The van der Waals surface area contributed by atoms with E-state index in [4.69, 9.17) is 15.2 Å². The quantitative estimate of drug-likeness (QED) is 0.534. The Morgan fingerprint density at radius 2 is 2.17 bits per heavy atom. The molecular weight excluding hydrogens is 238 g/mol. The van der Waals surface area contributed by atoms with Gasteiger partial charge >= 0.3 is 0 Å². The summed E-state index contributed by atoms with van der Waals surface area (Å²) >= 11 is 0. The molecule has 0 unspecified atom stereocenters. The molecule has 8 heteroatoms. The van der Waals surface area contributed by atoms with Gasteiger partial charge in [0.1, 0.15) is 12.9 Å². The van der Waals surface area contributed by atoms with Crippen LogP contribution in [0.25, 0.3) is 0 Å². The molecule has 18 heavy (non-hydrogen) atoms. The van der Waals surface area contributed by atoms with Gasteiger partial charge in [-0.3, -0.25) is 4.79 Å². The lowest BCUT2D eigenvalue weighted by Crippen LogP contribution is -2.21. The summed E-state index contributed by atoms with van der Waals surface area (Å²) in [5.74, 6) is 1.18. The molecule has 1 aromatic rings. The number of nitrogens with zero attached hydrogens (tertiary/aromatic N) is 2. The standard InChI is InChI=1S/C10H17N5O3/c1-12-9-8(17-2)10(15-6-14-9)13-3-4-18-5-7(11)16/h6H,3-5H2,1-2H3,(H2,11,16)(H2,12,13,14,15). The first-order valence-electron chi connectivity index (χ1n) is 5.35. The second kappa shape index (κ2) is 7.28. The number of nitrogens with one attached hydrogen (secondary N) is 2.